The van der Waals surface area contributed by atoms with E-state index in [0.717, 1.165) is 35.5 Å². The standard InChI is InChI=1S/C21H18F3N3O3S/c1-29-15-5-3-4-13(10-15)16-7-9-20(27-26-16)31-12-19(28)25-17-11-14(21(22,23)24)6-8-18(17)30-2/h3-11H,12H2,1-2H3,(H,25,28). The second-order valence-electron chi connectivity index (χ2n) is 6.24. The van der Waals surface area contributed by atoms with Gasteiger partial charge in [-0.05, 0) is 42.5 Å². The highest BCUT2D eigenvalue weighted by atomic mass is 32.2. The number of alkyl halides is 3. The van der Waals surface area contributed by atoms with Crippen molar-refractivity contribution in [2.45, 2.75) is 11.2 Å². The molecule has 1 aromatic heterocycles. The van der Waals surface area contributed by atoms with E-state index in [2.05, 4.69) is 15.5 Å². The number of benzene rings is 2. The lowest BCUT2D eigenvalue weighted by Gasteiger charge is -2.13. The Labute approximate surface area is 180 Å². The number of nitrogens with one attached hydrogen (secondary N) is 1. The number of thioether (sulfide) groups is 1. The summed E-state index contributed by atoms with van der Waals surface area (Å²) in [7, 11) is 2.89. The molecule has 0 radical (unpaired) electrons. The fourth-order valence-electron chi connectivity index (χ4n) is 2.64. The summed E-state index contributed by atoms with van der Waals surface area (Å²) >= 11 is 1.11. The van der Waals surface area contributed by atoms with Crippen molar-refractivity contribution in [3.05, 3.63) is 60.2 Å². The Balaban J connectivity index is 1.63. The zero-order valence-corrected chi connectivity index (χ0v) is 17.4. The van der Waals surface area contributed by atoms with Gasteiger partial charge in [0.2, 0.25) is 5.91 Å². The van der Waals surface area contributed by atoms with Gasteiger partial charge in [0, 0.05) is 5.56 Å². The molecule has 6 nitrogen and oxygen atoms in total. The van der Waals surface area contributed by atoms with Crippen LogP contribution in [0.2, 0.25) is 0 Å². The van der Waals surface area contributed by atoms with Crippen LogP contribution in [0, 0.1) is 0 Å². The minimum absolute atomic E-state index is 0.0533. The molecular formula is C21H18F3N3O3S. The summed E-state index contributed by atoms with van der Waals surface area (Å²) in [5.74, 6) is 0.265. The van der Waals surface area contributed by atoms with E-state index in [1.54, 1.807) is 19.2 Å². The van der Waals surface area contributed by atoms with Crippen molar-refractivity contribution >= 4 is 23.4 Å². The molecule has 0 saturated carbocycles. The van der Waals surface area contributed by atoms with Gasteiger partial charge in [-0.15, -0.1) is 10.2 Å². The molecule has 1 heterocycles. The second-order valence-corrected chi connectivity index (χ2v) is 7.23. The summed E-state index contributed by atoms with van der Waals surface area (Å²) in [6.45, 7) is 0. The number of hydrogen-bond acceptors (Lipinski definition) is 6. The van der Waals surface area contributed by atoms with E-state index >= 15 is 0 Å². The fraction of sp³-hybridized carbons (Fsp3) is 0.190. The monoisotopic (exact) mass is 449 g/mol. The molecule has 0 atom stereocenters. The van der Waals surface area contributed by atoms with Gasteiger partial charge >= 0.3 is 6.18 Å². The van der Waals surface area contributed by atoms with Gasteiger partial charge in [0.1, 0.15) is 16.5 Å². The molecule has 3 aromatic rings. The fourth-order valence-corrected chi connectivity index (χ4v) is 3.26. The van der Waals surface area contributed by atoms with E-state index in [0.29, 0.717) is 16.5 Å². The molecule has 0 saturated heterocycles. The van der Waals surface area contributed by atoms with Crippen LogP contribution in [-0.2, 0) is 11.0 Å². The summed E-state index contributed by atoms with van der Waals surface area (Å²) < 4.78 is 49.0. The average Bonchev–Trinajstić information content (AvgIpc) is 2.77. The predicted molar refractivity (Wildman–Crippen MR) is 111 cm³/mol. The molecule has 0 unspecified atom stereocenters. The Morgan fingerprint density at radius 1 is 1.03 bits per heavy atom. The first-order chi connectivity index (χ1) is 14.8. The Morgan fingerprint density at radius 3 is 2.48 bits per heavy atom. The number of rotatable bonds is 7. The topological polar surface area (TPSA) is 73.3 Å². The third-order valence-corrected chi connectivity index (χ3v) is 5.08. The summed E-state index contributed by atoms with van der Waals surface area (Å²) in [6, 6.07) is 13.7. The van der Waals surface area contributed by atoms with Crippen molar-refractivity contribution in [2.75, 3.05) is 25.3 Å². The van der Waals surface area contributed by atoms with Crippen LogP contribution in [-0.4, -0.2) is 36.1 Å². The first-order valence-corrected chi connectivity index (χ1v) is 9.95. The number of aromatic nitrogens is 2. The van der Waals surface area contributed by atoms with Crippen molar-refractivity contribution in [3.8, 4) is 22.8 Å². The Morgan fingerprint density at radius 2 is 1.84 bits per heavy atom. The minimum Gasteiger partial charge on any atom is -0.497 e. The SMILES string of the molecule is COc1cccc(-c2ccc(SCC(=O)Nc3cc(C(F)(F)F)ccc3OC)nn2)c1. The van der Waals surface area contributed by atoms with Crippen LogP contribution in [0.3, 0.4) is 0 Å². The maximum Gasteiger partial charge on any atom is 0.416 e. The predicted octanol–water partition coefficient (Wildman–Crippen LogP) is 4.91. The van der Waals surface area contributed by atoms with Gasteiger partial charge in [0.25, 0.3) is 0 Å². The molecule has 0 aliphatic rings. The van der Waals surface area contributed by atoms with E-state index in [4.69, 9.17) is 9.47 Å². The molecule has 2 aromatic carbocycles. The van der Waals surface area contributed by atoms with Crippen LogP contribution in [0.4, 0.5) is 18.9 Å². The zero-order chi connectivity index (χ0) is 22.4. The van der Waals surface area contributed by atoms with E-state index < -0.39 is 17.6 Å². The van der Waals surface area contributed by atoms with E-state index in [1.807, 2.05) is 24.3 Å². The Hall–Kier alpha value is -3.27. The Bertz CT molecular complexity index is 1060. The highest BCUT2D eigenvalue weighted by molar-refractivity contribution is 7.99. The lowest BCUT2D eigenvalue weighted by Crippen LogP contribution is -2.16. The maximum atomic E-state index is 12.9. The average molecular weight is 449 g/mol. The van der Waals surface area contributed by atoms with Gasteiger partial charge < -0.3 is 14.8 Å². The van der Waals surface area contributed by atoms with Gasteiger partial charge in [0.15, 0.2) is 0 Å². The van der Waals surface area contributed by atoms with Crippen molar-refractivity contribution in [2.24, 2.45) is 0 Å². The Kier molecular flexibility index (Phi) is 7.01. The van der Waals surface area contributed by atoms with Crippen molar-refractivity contribution in [1.29, 1.82) is 0 Å². The third-order valence-electron chi connectivity index (χ3n) is 4.16. The molecule has 0 fully saturated rings. The zero-order valence-electron chi connectivity index (χ0n) is 16.6. The number of methoxy groups -OCH3 is 2. The molecule has 10 heteroatoms. The van der Waals surface area contributed by atoms with E-state index in [-0.39, 0.29) is 17.2 Å². The molecule has 0 spiro atoms. The largest absolute Gasteiger partial charge is 0.497 e. The normalized spacial score (nSPS) is 11.1. The maximum absolute atomic E-state index is 12.9. The van der Waals surface area contributed by atoms with Crippen LogP contribution in [0.15, 0.2) is 59.6 Å². The molecular weight excluding hydrogens is 431 g/mol. The number of nitrogens with zero attached hydrogens (tertiary/aromatic N) is 2. The molecule has 0 aliphatic heterocycles. The van der Waals surface area contributed by atoms with Gasteiger partial charge in [0.05, 0.1) is 36.9 Å². The van der Waals surface area contributed by atoms with Gasteiger partial charge in [-0.25, -0.2) is 0 Å². The second kappa shape index (κ2) is 9.69. The van der Waals surface area contributed by atoms with Gasteiger partial charge in [-0.3, -0.25) is 4.79 Å². The third kappa shape index (κ3) is 5.88. The number of anilines is 1. The number of hydrogen-bond donors (Lipinski definition) is 1. The highest BCUT2D eigenvalue weighted by Crippen LogP contribution is 2.35. The number of carbonyl (C=O) groups excluding carboxylic acids is 1. The van der Waals surface area contributed by atoms with Crippen molar-refractivity contribution in [3.63, 3.8) is 0 Å². The molecule has 1 amide bonds. The molecule has 1 N–H and O–H groups in total. The van der Waals surface area contributed by atoms with Crippen LogP contribution in [0.1, 0.15) is 5.56 Å². The molecule has 31 heavy (non-hydrogen) atoms. The van der Waals surface area contributed by atoms with E-state index in [9.17, 15) is 18.0 Å². The van der Waals surface area contributed by atoms with E-state index in [1.165, 1.54) is 7.11 Å². The first kappa shape index (κ1) is 22.4. The number of halogens is 3. The van der Waals surface area contributed by atoms with Crippen LogP contribution in [0.5, 0.6) is 11.5 Å². The quantitative estimate of drug-likeness (QED) is 0.517. The summed E-state index contributed by atoms with van der Waals surface area (Å²) in [6.07, 6.45) is -4.53. The lowest BCUT2D eigenvalue weighted by atomic mass is 10.1. The van der Waals surface area contributed by atoms with Crippen LogP contribution in [0.25, 0.3) is 11.3 Å². The summed E-state index contributed by atoms with van der Waals surface area (Å²) in [5.41, 5.74) is 0.539. The molecule has 162 valence electrons. The first-order valence-electron chi connectivity index (χ1n) is 8.96. The molecule has 3 rings (SSSR count). The van der Waals surface area contributed by atoms with Gasteiger partial charge in [-0.1, -0.05) is 23.9 Å². The van der Waals surface area contributed by atoms with Crippen molar-refractivity contribution < 1.29 is 27.4 Å². The lowest BCUT2D eigenvalue weighted by molar-refractivity contribution is -0.137. The number of carbonyl (C=O) groups is 1. The van der Waals surface area contributed by atoms with Crippen LogP contribution < -0.4 is 14.8 Å². The van der Waals surface area contributed by atoms with Crippen molar-refractivity contribution in [1.82, 2.24) is 10.2 Å². The van der Waals surface area contributed by atoms with Crippen LogP contribution >= 0.6 is 11.8 Å². The van der Waals surface area contributed by atoms with Gasteiger partial charge in [-0.2, -0.15) is 13.2 Å². The molecule has 0 aliphatic carbocycles. The molecule has 0 bridgehead atoms. The number of amides is 1. The minimum atomic E-state index is -4.53. The smallest absolute Gasteiger partial charge is 0.416 e. The number of ether oxygens (including phenoxy) is 2. The summed E-state index contributed by atoms with van der Waals surface area (Å²) in [5, 5.41) is 11.2. The summed E-state index contributed by atoms with van der Waals surface area (Å²) in [4.78, 5) is 12.2. The highest BCUT2D eigenvalue weighted by Gasteiger charge is 2.31.